The zero-order valence-electron chi connectivity index (χ0n) is 6.96. The summed E-state index contributed by atoms with van der Waals surface area (Å²) in [5.41, 5.74) is 1.64. The third-order valence-corrected chi connectivity index (χ3v) is 3.72. The van der Waals surface area contributed by atoms with Crippen molar-refractivity contribution in [2.75, 3.05) is 0 Å². The molecule has 0 radical (unpaired) electrons. The first-order valence-electron chi connectivity index (χ1n) is 4.70. The number of hydrogen-bond donors (Lipinski definition) is 0. The van der Waals surface area contributed by atoms with Gasteiger partial charge in [0, 0.05) is 0 Å². The van der Waals surface area contributed by atoms with E-state index >= 15 is 0 Å². The van der Waals surface area contributed by atoms with Crippen molar-refractivity contribution in [3.05, 3.63) is 23.8 Å². The molecule has 0 aromatic carbocycles. The van der Waals surface area contributed by atoms with Crippen LogP contribution < -0.4 is 0 Å². The fourth-order valence-electron chi connectivity index (χ4n) is 3.27. The van der Waals surface area contributed by atoms with Gasteiger partial charge in [0.25, 0.3) is 0 Å². The Balaban J connectivity index is 1.99. The predicted molar refractivity (Wildman–Crippen MR) is 46.1 cm³/mol. The summed E-state index contributed by atoms with van der Waals surface area (Å²) >= 11 is 0. The van der Waals surface area contributed by atoms with Gasteiger partial charge in [0.2, 0.25) is 0 Å². The lowest BCUT2D eigenvalue weighted by atomic mass is 9.86. The van der Waals surface area contributed by atoms with Crippen LogP contribution in [0.1, 0.15) is 19.8 Å². The summed E-state index contributed by atoms with van der Waals surface area (Å²) in [5, 5.41) is 0. The molecule has 3 aliphatic carbocycles. The van der Waals surface area contributed by atoms with E-state index in [1.807, 2.05) is 0 Å². The van der Waals surface area contributed by atoms with Crippen LogP contribution in [0.15, 0.2) is 23.8 Å². The largest absolute Gasteiger partial charge is 0.0848 e. The number of rotatable bonds is 0. The third kappa shape index (κ3) is 0.654. The Morgan fingerprint density at radius 3 is 2.91 bits per heavy atom. The predicted octanol–water partition coefficient (Wildman–Crippen LogP) is 2.77. The molecule has 0 saturated heterocycles. The highest BCUT2D eigenvalue weighted by atomic mass is 14.5. The van der Waals surface area contributed by atoms with Crippen molar-refractivity contribution in [3.63, 3.8) is 0 Å². The normalized spacial score (nSPS) is 51.5. The van der Waals surface area contributed by atoms with Crippen molar-refractivity contribution in [2.45, 2.75) is 19.8 Å². The molecule has 0 heterocycles. The van der Waals surface area contributed by atoms with Crippen LogP contribution in [-0.2, 0) is 0 Å². The van der Waals surface area contributed by atoms with Gasteiger partial charge in [-0.2, -0.15) is 0 Å². The van der Waals surface area contributed by atoms with Crippen LogP contribution in [0.3, 0.4) is 0 Å². The Morgan fingerprint density at radius 1 is 1.27 bits per heavy atom. The van der Waals surface area contributed by atoms with E-state index in [2.05, 4.69) is 25.2 Å². The molecule has 0 aromatic heterocycles. The molecule has 4 unspecified atom stereocenters. The van der Waals surface area contributed by atoms with Crippen LogP contribution in [0.4, 0.5) is 0 Å². The molecule has 0 nitrogen and oxygen atoms in total. The fraction of sp³-hybridized carbons (Fsp3) is 0.636. The zero-order valence-corrected chi connectivity index (χ0v) is 6.96. The lowest BCUT2D eigenvalue weighted by Gasteiger charge is -2.19. The van der Waals surface area contributed by atoms with Crippen molar-refractivity contribution < 1.29 is 0 Å². The standard InChI is InChI=1S/C11H14/c1-7-4-10-8-2-3-9(6-8)11(10)5-7/h2-4,8-11H,5-6H2,1H3. The lowest BCUT2D eigenvalue weighted by Crippen LogP contribution is -2.12. The molecule has 0 heteroatoms. The Kier molecular flexibility index (Phi) is 0.988. The van der Waals surface area contributed by atoms with E-state index in [4.69, 9.17) is 0 Å². The molecule has 1 fully saturated rings. The van der Waals surface area contributed by atoms with Gasteiger partial charge >= 0.3 is 0 Å². The number of allylic oxidation sites excluding steroid dienone is 4. The number of fused-ring (bicyclic) bond motifs is 5. The van der Waals surface area contributed by atoms with Crippen LogP contribution in [0.25, 0.3) is 0 Å². The SMILES string of the molecule is CC1=CC2C3C=CC(C3)C2C1. The van der Waals surface area contributed by atoms with Crippen LogP contribution >= 0.6 is 0 Å². The maximum absolute atomic E-state index is 2.53. The lowest BCUT2D eigenvalue weighted by molar-refractivity contribution is 0.395. The minimum absolute atomic E-state index is 0.919. The second-order valence-electron chi connectivity index (χ2n) is 4.41. The molecule has 0 spiro atoms. The van der Waals surface area contributed by atoms with E-state index in [-0.39, 0.29) is 0 Å². The van der Waals surface area contributed by atoms with E-state index < -0.39 is 0 Å². The summed E-state index contributed by atoms with van der Waals surface area (Å²) < 4.78 is 0. The first-order chi connectivity index (χ1) is 5.34. The highest BCUT2D eigenvalue weighted by Gasteiger charge is 2.45. The van der Waals surface area contributed by atoms with E-state index in [1.54, 1.807) is 5.57 Å². The molecule has 1 saturated carbocycles. The van der Waals surface area contributed by atoms with Crippen LogP contribution in [0, 0.1) is 23.7 Å². The van der Waals surface area contributed by atoms with Gasteiger partial charge in [-0.05, 0) is 43.4 Å². The highest BCUT2D eigenvalue weighted by molar-refractivity contribution is 5.25. The molecule has 4 atom stereocenters. The highest BCUT2D eigenvalue weighted by Crippen LogP contribution is 2.54. The Hall–Kier alpha value is -0.520. The van der Waals surface area contributed by atoms with Crippen LogP contribution in [0.2, 0.25) is 0 Å². The van der Waals surface area contributed by atoms with Crippen LogP contribution in [-0.4, -0.2) is 0 Å². The van der Waals surface area contributed by atoms with Crippen molar-refractivity contribution in [3.8, 4) is 0 Å². The van der Waals surface area contributed by atoms with Crippen molar-refractivity contribution in [2.24, 2.45) is 23.7 Å². The molecule has 11 heavy (non-hydrogen) atoms. The van der Waals surface area contributed by atoms with E-state index in [9.17, 15) is 0 Å². The molecule has 0 amide bonds. The van der Waals surface area contributed by atoms with Gasteiger partial charge < -0.3 is 0 Å². The topological polar surface area (TPSA) is 0 Å². The smallest absolute Gasteiger partial charge is 0.0131 e. The second kappa shape index (κ2) is 1.80. The molecule has 0 aromatic rings. The van der Waals surface area contributed by atoms with Crippen molar-refractivity contribution >= 4 is 0 Å². The van der Waals surface area contributed by atoms with Crippen LogP contribution in [0.5, 0.6) is 0 Å². The Morgan fingerprint density at radius 2 is 2.09 bits per heavy atom. The summed E-state index contributed by atoms with van der Waals surface area (Å²) in [6.07, 6.45) is 10.3. The molecule has 2 bridgehead atoms. The quantitative estimate of drug-likeness (QED) is 0.461. The molecule has 3 rings (SSSR count). The summed E-state index contributed by atoms with van der Waals surface area (Å²) in [7, 11) is 0. The van der Waals surface area contributed by atoms with Gasteiger partial charge in [-0.3, -0.25) is 0 Å². The monoisotopic (exact) mass is 146 g/mol. The molecular weight excluding hydrogens is 132 g/mol. The van der Waals surface area contributed by atoms with Crippen molar-refractivity contribution in [1.82, 2.24) is 0 Å². The molecule has 0 aliphatic heterocycles. The molecular formula is C11H14. The van der Waals surface area contributed by atoms with Gasteiger partial charge in [-0.1, -0.05) is 23.8 Å². The Labute approximate surface area is 68.0 Å². The third-order valence-electron chi connectivity index (χ3n) is 3.72. The van der Waals surface area contributed by atoms with E-state index in [0.717, 1.165) is 23.7 Å². The average Bonchev–Trinajstić information content (AvgIpc) is 2.53. The minimum Gasteiger partial charge on any atom is -0.0848 e. The Bertz CT molecular complexity index is 247. The summed E-state index contributed by atoms with van der Waals surface area (Å²) in [4.78, 5) is 0. The molecule has 3 aliphatic rings. The van der Waals surface area contributed by atoms with E-state index in [1.165, 1.54) is 12.8 Å². The summed E-state index contributed by atoms with van der Waals surface area (Å²) in [6, 6.07) is 0. The van der Waals surface area contributed by atoms with E-state index in [0.29, 0.717) is 0 Å². The molecule has 58 valence electrons. The summed E-state index contributed by atoms with van der Waals surface area (Å²) in [5.74, 6) is 3.80. The van der Waals surface area contributed by atoms with Gasteiger partial charge in [0.15, 0.2) is 0 Å². The average molecular weight is 146 g/mol. The fourth-order valence-corrected chi connectivity index (χ4v) is 3.27. The number of hydrogen-bond acceptors (Lipinski definition) is 0. The zero-order chi connectivity index (χ0) is 7.42. The maximum Gasteiger partial charge on any atom is -0.0131 e. The first kappa shape index (κ1) is 6.05. The van der Waals surface area contributed by atoms with Gasteiger partial charge in [-0.25, -0.2) is 0 Å². The second-order valence-corrected chi connectivity index (χ2v) is 4.41. The van der Waals surface area contributed by atoms with Crippen molar-refractivity contribution in [1.29, 1.82) is 0 Å². The van der Waals surface area contributed by atoms with Gasteiger partial charge in [0.05, 0.1) is 0 Å². The summed E-state index contributed by atoms with van der Waals surface area (Å²) in [6.45, 7) is 2.29. The minimum atomic E-state index is 0.919. The first-order valence-corrected chi connectivity index (χ1v) is 4.70. The maximum atomic E-state index is 2.53. The van der Waals surface area contributed by atoms with Gasteiger partial charge in [0.1, 0.15) is 0 Å². The van der Waals surface area contributed by atoms with Gasteiger partial charge in [-0.15, -0.1) is 0 Å². The molecule has 0 N–H and O–H groups in total.